The second-order valence-corrected chi connectivity index (χ2v) is 4.93. The number of hydrogen-bond donors (Lipinski definition) is 2. The fourth-order valence-electron chi connectivity index (χ4n) is 2.24. The molecule has 6 nitrogen and oxygen atoms in total. The van der Waals surface area contributed by atoms with E-state index in [4.69, 9.17) is 19.9 Å². The number of methoxy groups -OCH3 is 3. The van der Waals surface area contributed by atoms with Crippen molar-refractivity contribution in [2.45, 2.75) is 32.2 Å². The van der Waals surface area contributed by atoms with Gasteiger partial charge >= 0.3 is 0 Å². The normalized spacial score (nSPS) is 11.2. The van der Waals surface area contributed by atoms with Crippen molar-refractivity contribution in [1.29, 1.82) is 0 Å². The van der Waals surface area contributed by atoms with E-state index in [0.717, 1.165) is 19.3 Å². The van der Waals surface area contributed by atoms with Gasteiger partial charge in [0.2, 0.25) is 5.75 Å². The molecule has 0 saturated heterocycles. The van der Waals surface area contributed by atoms with Crippen molar-refractivity contribution in [3.8, 4) is 17.2 Å². The van der Waals surface area contributed by atoms with E-state index >= 15 is 0 Å². The van der Waals surface area contributed by atoms with Gasteiger partial charge in [-0.3, -0.25) is 4.79 Å². The third-order valence-electron chi connectivity index (χ3n) is 3.47. The van der Waals surface area contributed by atoms with E-state index in [1.165, 1.54) is 21.3 Å². The lowest BCUT2D eigenvalue weighted by Crippen LogP contribution is -2.40. The van der Waals surface area contributed by atoms with Crippen LogP contribution in [0.5, 0.6) is 17.2 Å². The topological polar surface area (TPSA) is 82.8 Å². The summed E-state index contributed by atoms with van der Waals surface area (Å²) in [5.74, 6) is 1.03. The minimum Gasteiger partial charge on any atom is -0.493 e. The molecule has 1 rings (SSSR count). The molecule has 0 saturated carbocycles. The minimum atomic E-state index is -0.232. The molecule has 1 atom stereocenters. The maximum atomic E-state index is 12.5. The Hall–Kier alpha value is -1.66. The number of nitrogens with two attached hydrogens (primary N) is 1. The zero-order valence-corrected chi connectivity index (χ0v) is 15.0. The van der Waals surface area contributed by atoms with E-state index < -0.39 is 0 Å². The van der Waals surface area contributed by atoms with Crippen molar-refractivity contribution in [2.75, 3.05) is 27.9 Å². The van der Waals surface area contributed by atoms with Crippen LogP contribution in [0.3, 0.4) is 0 Å². The Kier molecular flexibility index (Phi) is 10.2. The molecule has 132 valence electrons. The second kappa shape index (κ2) is 11.0. The summed E-state index contributed by atoms with van der Waals surface area (Å²) < 4.78 is 15.8. The van der Waals surface area contributed by atoms with E-state index in [1.54, 1.807) is 12.1 Å². The summed E-state index contributed by atoms with van der Waals surface area (Å²) >= 11 is 0. The molecular formula is C16H27ClN2O4. The molecule has 23 heavy (non-hydrogen) atoms. The van der Waals surface area contributed by atoms with Crippen molar-refractivity contribution in [2.24, 2.45) is 5.73 Å². The number of carbonyl (C=O) groups excluding carboxylic acids is 1. The summed E-state index contributed by atoms with van der Waals surface area (Å²) in [6.45, 7) is 2.51. The highest BCUT2D eigenvalue weighted by Gasteiger charge is 2.22. The molecule has 7 heteroatoms. The molecular weight excluding hydrogens is 320 g/mol. The minimum absolute atomic E-state index is 0. The molecule has 0 fully saturated rings. The number of hydrogen-bond acceptors (Lipinski definition) is 5. The predicted molar refractivity (Wildman–Crippen MR) is 93.2 cm³/mol. The summed E-state index contributed by atoms with van der Waals surface area (Å²) in [7, 11) is 4.53. The van der Waals surface area contributed by atoms with Gasteiger partial charge in [-0.15, -0.1) is 12.4 Å². The number of carbonyl (C=O) groups is 1. The Morgan fingerprint density at radius 3 is 2.30 bits per heavy atom. The standard InChI is InChI=1S/C16H26N2O4.ClH/c1-5-6-7-11(10-17)18-16(19)12-8-9-13(20-2)15(22-4)14(12)21-3;/h8-9,11H,5-7,10,17H2,1-4H3,(H,18,19);1H. The molecule has 1 unspecified atom stereocenters. The molecule has 0 bridgehead atoms. The highest BCUT2D eigenvalue weighted by atomic mass is 35.5. The molecule has 0 heterocycles. The summed E-state index contributed by atoms with van der Waals surface area (Å²) in [6.07, 6.45) is 2.94. The van der Waals surface area contributed by atoms with Gasteiger partial charge in [-0.2, -0.15) is 0 Å². The van der Waals surface area contributed by atoms with E-state index in [0.29, 0.717) is 29.4 Å². The molecule has 0 aliphatic heterocycles. The van der Waals surface area contributed by atoms with Crippen LogP contribution in [-0.2, 0) is 0 Å². The van der Waals surface area contributed by atoms with Gasteiger partial charge in [0.05, 0.1) is 26.9 Å². The van der Waals surface area contributed by atoms with Gasteiger partial charge in [0.1, 0.15) is 0 Å². The number of ether oxygens (including phenoxy) is 3. The van der Waals surface area contributed by atoms with Crippen LogP contribution < -0.4 is 25.3 Å². The average molecular weight is 347 g/mol. The SMILES string of the molecule is CCCCC(CN)NC(=O)c1ccc(OC)c(OC)c1OC.Cl. The number of rotatable bonds is 9. The van der Waals surface area contributed by atoms with E-state index in [1.807, 2.05) is 0 Å². The Morgan fingerprint density at radius 1 is 1.17 bits per heavy atom. The Morgan fingerprint density at radius 2 is 1.83 bits per heavy atom. The van der Waals surface area contributed by atoms with Gasteiger partial charge < -0.3 is 25.3 Å². The zero-order valence-electron chi connectivity index (χ0n) is 14.2. The van der Waals surface area contributed by atoms with E-state index in [9.17, 15) is 4.79 Å². The van der Waals surface area contributed by atoms with Crippen molar-refractivity contribution in [3.05, 3.63) is 17.7 Å². The van der Waals surface area contributed by atoms with Crippen molar-refractivity contribution < 1.29 is 19.0 Å². The van der Waals surface area contributed by atoms with Crippen LogP contribution in [0.2, 0.25) is 0 Å². The molecule has 0 aromatic heterocycles. The third-order valence-corrected chi connectivity index (χ3v) is 3.47. The lowest BCUT2D eigenvalue weighted by molar-refractivity contribution is 0.0932. The summed E-state index contributed by atoms with van der Waals surface area (Å²) in [5, 5.41) is 2.94. The number of benzene rings is 1. The first-order valence-electron chi connectivity index (χ1n) is 7.42. The van der Waals surface area contributed by atoms with Crippen molar-refractivity contribution in [3.63, 3.8) is 0 Å². The summed E-state index contributed by atoms with van der Waals surface area (Å²) in [6, 6.07) is 3.29. The van der Waals surface area contributed by atoms with Gasteiger partial charge in [-0.1, -0.05) is 19.8 Å². The van der Waals surface area contributed by atoms with E-state index in [2.05, 4.69) is 12.2 Å². The first-order chi connectivity index (χ1) is 10.6. The largest absolute Gasteiger partial charge is 0.493 e. The number of unbranched alkanes of at least 4 members (excludes halogenated alkanes) is 1. The van der Waals surface area contributed by atoms with E-state index in [-0.39, 0.29) is 24.4 Å². The predicted octanol–water partition coefficient (Wildman–Crippen LogP) is 2.38. The van der Waals surface area contributed by atoms with Gasteiger partial charge in [-0.25, -0.2) is 0 Å². The lowest BCUT2D eigenvalue weighted by atomic mass is 10.1. The highest BCUT2D eigenvalue weighted by Crippen LogP contribution is 2.39. The Labute approximate surface area is 144 Å². The molecule has 3 N–H and O–H groups in total. The van der Waals surface area contributed by atoms with Gasteiger partial charge in [0, 0.05) is 12.6 Å². The first-order valence-corrected chi connectivity index (χ1v) is 7.42. The quantitative estimate of drug-likeness (QED) is 0.717. The van der Waals surface area contributed by atoms with Crippen molar-refractivity contribution in [1.82, 2.24) is 5.32 Å². The van der Waals surface area contributed by atoms with Crippen LogP contribution >= 0.6 is 12.4 Å². The van der Waals surface area contributed by atoms with Crippen LogP contribution in [0.15, 0.2) is 12.1 Å². The van der Waals surface area contributed by atoms with Crippen LogP contribution in [0.25, 0.3) is 0 Å². The smallest absolute Gasteiger partial charge is 0.255 e. The first kappa shape index (κ1) is 21.3. The Bertz CT molecular complexity index is 497. The molecule has 1 aromatic rings. The van der Waals surface area contributed by atoms with Crippen LogP contribution in [-0.4, -0.2) is 39.8 Å². The number of amides is 1. The molecule has 0 spiro atoms. The molecule has 1 aromatic carbocycles. The number of nitrogens with one attached hydrogen (secondary N) is 1. The molecule has 0 aliphatic carbocycles. The van der Waals surface area contributed by atoms with Crippen molar-refractivity contribution >= 4 is 18.3 Å². The monoisotopic (exact) mass is 346 g/mol. The Balaban J connectivity index is 0.00000484. The fourth-order valence-corrected chi connectivity index (χ4v) is 2.24. The van der Waals surface area contributed by atoms with Crippen LogP contribution in [0, 0.1) is 0 Å². The zero-order chi connectivity index (χ0) is 16.5. The maximum Gasteiger partial charge on any atom is 0.255 e. The number of halogens is 1. The molecule has 1 amide bonds. The second-order valence-electron chi connectivity index (χ2n) is 4.93. The molecule has 0 aliphatic rings. The molecule has 0 radical (unpaired) electrons. The van der Waals surface area contributed by atoms with Gasteiger partial charge in [0.15, 0.2) is 11.5 Å². The average Bonchev–Trinajstić information content (AvgIpc) is 2.56. The highest BCUT2D eigenvalue weighted by molar-refractivity contribution is 5.98. The van der Waals surface area contributed by atoms with Gasteiger partial charge in [0.25, 0.3) is 5.91 Å². The third kappa shape index (κ3) is 5.48. The van der Waals surface area contributed by atoms with Crippen LogP contribution in [0.4, 0.5) is 0 Å². The lowest BCUT2D eigenvalue weighted by Gasteiger charge is -2.19. The van der Waals surface area contributed by atoms with Crippen LogP contribution in [0.1, 0.15) is 36.5 Å². The maximum absolute atomic E-state index is 12.5. The summed E-state index contributed by atoms with van der Waals surface area (Å²) in [5.41, 5.74) is 6.12. The summed E-state index contributed by atoms with van der Waals surface area (Å²) in [4.78, 5) is 12.5. The van der Waals surface area contributed by atoms with Gasteiger partial charge in [-0.05, 0) is 18.6 Å². The fraction of sp³-hybridized carbons (Fsp3) is 0.562.